The van der Waals surface area contributed by atoms with Crippen molar-refractivity contribution in [3.63, 3.8) is 0 Å². The van der Waals surface area contributed by atoms with Crippen LogP contribution in [0.25, 0.3) is 5.69 Å². The van der Waals surface area contributed by atoms with Crippen molar-refractivity contribution in [3.05, 3.63) is 53.8 Å². The molecule has 0 unspecified atom stereocenters. The number of aromatic nitrogens is 4. The molecule has 28 heavy (non-hydrogen) atoms. The molecule has 1 N–H and O–H groups in total. The Bertz CT molecular complexity index is 1010. The fourth-order valence-electron chi connectivity index (χ4n) is 2.62. The van der Waals surface area contributed by atoms with Gasteiger partial charge in [-0.05, 0) is 53.2 Å². The fraction of sp³-hybridized carbons (Fsp3) is 0.222. The summed E-state index contributed by atoms with van der Waals surface area (Å²) in [7, 11) is 0. The molecule has 1 aliphatic heterocycles. The van der Waals surface area contributed by atoms with Crippen LogP contribution in [0.4, 0.5) is 4.39 Å². The number of amides is 1. The van der Waals surface area contributed by atoms with Crippen molar-refractivity contribution in [2.45, 2.75) is 23.9 Å². The molecule has 0 fully saturated rings. The smallest absolute Gasteiger partial charge is 0.233 e. The van der Waals surface area contributed by atoms with Crippen LogP contribution in [0.1, 0.15) is 12.5 Å². The van der Waals surface area contributed by atoms with Gasteiger partial charge in [0.25, 0.3) is 0 Å². The summed E-state index contributed by atoms with van der Waals surface area (Å²) >= 11 is 1.19. The largest absolute Gasteiger partial charge is 0.454 e. The summed E-state index contributed by atoms with van der Waals surface area (Å²) in [6.07, 6.45) is 0. The maximum absolute atomic E-state index is 13.5. The Morgan fingerprint density at radius 3 is 3.00 bits per heavy atom. The predicted octanol–water partition coefficient (Wildman–Crippen LogP) is 2.33. The molecule has 0 saturated heterocycles. The molecule has 1 atom stereocenters. The second kappa shape index (κ2) is 7.85. The van der Waals surface area contributed by atoms with Crippen LogP contribution in [0.5, 0.6) is 11.5 Å². The van der Waals surface area contributed by atoms with Gasteiger partial charge in [0.2, 0.25) is 17.9 Å². The first-order valence-corrected chi connectivity index (χ1v) is 9.35. The lowest BCUT2D eigenvalue weighted by molar-refractivity contribution is -0.120. The molecule has 1 aromatic heterocycles. The summed E-state index contributed by atoms with van der Waals surface area (Å²) in [6, 6.07) is 11.4. The number of nitrogens with zero attached hydrogens (tertiary/aromatic N) is 4. The number of hydrogen-bond acceptors (Lipinski definition) is 7. The minimum absolute atomic E-state index is 0.170. The molecule has 4 rings (SSSR count). The van der Waals surface area contributed by atoms with Crippen LogP contribution < -0.4 is 14.8 Å². The number of halogens is 1. The van der Waals surface area contributed by atoms with E-state index in [0.29, 0.717) is 28.9 Å². The van der Waals surface area contributed by atoms with E-state index in [2.05, 4.69) is 20.8 Å². The van der Waals surface area contributed by atoms with E-state index in [1.165, 1.54) is 28.6 Å². The molecule has 144 valence electrons. The zero-order valence-corrected chi connectivity index (χ0v) is 15.6. The lowest BCUT2D eigenvalue weighted by Crippen LogP contribution is -2.30. The second-order valence-corrected chi connectivity index (χ2v) is 7.33. The molecule has 3 aromatic rings. The van der Waals surface area contributed by atoms with Crippen LogP contribution in [0.2, 0.25) is 0 Å². The van der Waals surface area contributed by atoms with Crippen molar-refractivity contribution in [2.24, 2.45) is 0 Å². The van der Waals surface area contributed by atoms with Crippen molar-refractivity contribution in [1.29, 1.82) is 0 Å². The van der Waals surface area contributed by atoms with E-state index in [9.17, 15) is 9.18 Å². The number of hydrogen-bond donors (Lipinski definition) is 1. The summed E-state index contributed by atoms with van der Waals surface area (Å²) in [5, 5.41) is 14.3. The first kappa shape index (κ1) is 18.2. The topological polar surface area (TPSA) is 91.2 Å². The van der Waals surface area contributed by atoms with Gasteiger partial charge in [-0.2, -0.15) is 4.68 Å². The van der Waals surface area contributed by atoms with Crippen LogP contribution in [-0.2, 0) is 11.3 Å². The Kier molecular flexibility index (Phi) is 5.11. The van der Waals surface area contributed by atoms with E-state index in [-0.39, 0.29) is 12.7 Å². The molecule has 8 nitrogen and oxygen atoms in total. The third-order valence-corrected chi connectivity index (χ3v) is 5.08. The summed E-state index contributed by atoms with van der Waals surface area (Å²) < 4.78 is 25.5. The van der Waals surface area contributed by atoms with Gasteiger partial charge in [0.1, 0.15) is 5.82 Å². The molecular weight excluding hydrogens is 385 g/mol. The Morgan fingerprint density at radius 2 is 2.14 bits per heavy atom. The summed E-state index contributed by atoms with van der Waals surface area (Å²) in [4.78, 5) is 12.5. The third kappa shape index (κ3) is 3.91. The monoisotopic (exact) mass is 401 g/mol. The van der Waals surface area contributed by atoms with Crippen LogP contribution in [0.15, 0.2) is 47.6 Å². The SMILES string of the molecule is C[C@@H](Sc1nnnn1-c1cccc(F)c1)C(=O)NCc1ccc2c(c1)OCO2. The van der Waals surface area contributed by atoms with E-state index in [1.807, 2.05) is 18.2 Å². The third-order valence-electron chi connectivity index (χ3n) is 4.05. The molecule has 2 heterocycles. The van der Waals surface area contributed by atoms with E-state index in [1.54, 1.807) is 19.1 Å². The number of carbonyl (C=O) groups is 1. The number of ether oxygens (including phenoxy) is 2. The lowest BCUT2D eigenvalue weighted by Gasteiger charge is -2.12. The highest BCUT2D eigenvalue weighted by Crippen LogP contribution is 2.32. The minimum Gasteiger partial charge on any atom is -0.454 e. The summed E-state index contributed by atoms with van der Waals surface area (Å²) in [5.74, 6) is 0.807. The molecule has 0 radical (unpaired) electrons. The molecule has 0 saturated carbocycles. The Hall–Kier alpha value is -3.14. The van der Waals surface area contributed by atoms with Gasteiger partial charge in [0, 0.05) is 6.54 Å². The van der Waals surface area contributed by atoms with E-state index >= 15 is 0 Å². The van der Waals surface area contributed by atoms with Crippen LogP contribution in [-0.4, -0.2) is 38.2 Å². The quantitative estimate of drug-likeness (QED) is 0.634. The lowest BCUT2D eigenvalue weighted by atomic mass is 10.2. The average Bonchev–Trinajstić information content (AvgIpc) is 3.34. The molecule has 1 aliphatic rings. The first-order valence-electron chi connectivity index (χ1n) is 8.47. The van der Waals surface area contributed by atoms with Gasteiger partial charge in [-0.25, -0.2) is 4.39 Å². The number of thioether (sulfide) groups is 1. The predicted molar refractivity (Wildman–Crippen MR) is 98.8 cm³/mol. The summed E-state index contributed by atoms with van der Waals surface area (Å²) in [5.41, 5.74) is 1.39. The maximum Gasteiger partial charge on any atom is 0.233 e. The number of rotatable bonds is 6. The highest BCUT2D eigenvalue weighted by atomic mass is 32.2. The van der Waals surface area contributed by atoms with Gasteiger partial charge in [-0.15, -0.1) is 5.10 Å². The normalized spacial score (nSPS) is 13.4. The van der Waals surface area contributed by atoms with Crippen molar-refractivity contribution in [3.8, 4) is 17.2 Å². The van der Waals surface area contributed by atoms with Crippen molar-refractivity contribution < 1.29 is 18.7 Å². The standard InChI is InChI=1S/C18H16FN5O3S/c1-11(17(25)20-9-12-5-6-15-16(7-12)27-10-26-15)28-18-21-22-23-24(18)14-4-2-3-13(19)8-14/h2-8,11H,9-10H2,1H3,(H,20,25)/t11-/m1/s1. The highest BCUT2D eigenvalue weighted by molar-refractivity contribution is 8.00. The zero-order valence-electron chi connectivity index (χ0n) is 14.8. The Balaban J connectivity index is 1.38. The van der Waals surface area contributed by atoms with E-state index < -0.39 is 11.1 Å². The number of fused-ring (bicyclic) bond motifs is 1. The second-order valence-electron chi connectivity index (χ2n) is 6.02. The van der Waals surface area contributed by atoms with Crippen molar-refractivity contribution in [2.75, 3.05) is 6.79 Å². The van der Waals surface area contributed by atoms with Gasteiger partial charge in [0.05, 0.1) is 10.9 Å². The molecule has 0 aliphatic carbocycles. The van der Waals surface area contributed by atoms with Crippen LogP contribution in [0, 0.1) is 5.82 Å². The number of benzene rings is 2. The molecular formula is C18H16FN5O3S. The summed E-state index contributed by atoms with van der Waals surface area (Å²) in [6.45, 7) is 2.32. The molecule has 1 amide bonds. The van der Waals surface area contributed by atoms with Gasteiger partial charge in [-0.1, -0.05) is 23.9 Å². The average molecular weight is 401 g/mol. The first-order chi connectivity index (χ1) is 13.6. The number of nitrogens with one attached hydrogen (secondary N) is 1. The Labute approximate surface area is 164 Å². The van der Waals surface area contributed by atoms with Crippen molar-refractivity contribution >= 4 is 17.7 Å². The van der Waals surface area contributed by atoms with Crippen molar-refractivity contribution in [1.82, 2.24) is 25.5 Å². The van der Waals surface area contributed by atoms with Gasteiger partial charge < -0.3 is 14.8 Å². The van der Waals surface area contributed by atoms with Gasteiger partial charge in [0.15, 0.2) is 11.5 Å². The van der Waals surface area contributed by atoms with Gasteiger partial charge in [-0.3, -0.25) is 4.79 Å². The molecule has 10 heteroatoms. The maximum atomic E-state index is 13.5. The zero-order chi connectivity index (χ0) is 19.5. The number of tetrazole rings is 1. The van der Waals surface area contributed by atoms with Crippen LogP contribution >= 0.6 is 11.8 Å². The minimum atomic E-state index is -0.452. The number of carbonyl (C=O) groups excluding carboxylic acids is 1. The molecule has 0 bridgehead atoms. The van der Waals surface area contributed by atoms with Gasteiger partial charge >= 0.3 is 0 Å². The van der Waals surface area contributed by atoms with Crippen LogP contribution in [0.3, 0.4) is 0 Å². The van der Waals surface area contributed by atoms with E-state index in [4.69, 9.17) is 9.47 Å². The van der Waals surface area contributed by atoms with E-state index in [0.717, 1.165) is 5.56 Å². The fourth-order valence-corrected chi connectivity index (χ4v) is 3.45. The molecule has 2 aromatic carbocycles. The molecule has 0 spiro atoms. The Morgan fingerprint density at radius 1 is 1.29 bits per heavy atom. The highest BCUT2D eigenvalue weighted by Gasteiger charge is 2.20.